The number of carbonyl (C=O) groups is 1. The summed E-state index contributed by atoms with van der Waals surface area (Å²) in [6.07, 6.45) is 9.90. The molecule has 25 heavy (non-hydrogen) atoms. The van der Waals surface area contributed by atoms with Crippen LogP contribution in [0.5, 0.6) is 0 Å². The Bertz CT molecular complexity index is 564. The highest BCUT2D eigenvalue weighted by atomic mass is 16.4. The molecule has 0 aromatic carbocycles. The molecule has 2 saturated heterocycles. The van der Waals surface area contributed by atoms with E-state index in [-0.39, 0.29) is 24.5 Å². The summed E-state index contributed by atoms with van der Waals surface area (Å²) in [7, 11) is 0. The van der Waals surface area contributed by atoms with Gasteiger partial charge in [-0.15, -0.1) is 0 Å². The molecule has 0 amide bonds. The highest BCUT2D eigenvalue weighted by molar-refractivity contribution is 5.80. The largest absolute Gasteiger partial charge is 0.480 e. The van der Waals surface area contributed by atoms with E-state index in [0.717, 1.165) is 38.5 Å². The summed E-state index contributed by atoms with van der Waals surface area (Å²) in [5, 5.41) is 30.0. The molecule has 0 radical (unpaired) electrons. The Morgan fingerprint density at radius 1 is 1.28 bits per heavy atom. The molecule has 5 nitrogen and oxygen atoms in total. The third-order valence-electron chi connectivity index (χ3n) is 7.83. The van der Waals surface area contributed by atoms with Gasteiger partial charge in [0.25, 0.3) is 0 Å². The van der Waals surface area contributed by atoms with E-state index in [1.165, 1.54) is 0 Å². The Morgan fingerprint density at radius 2 is 2.08 bits per heavy atom. The van der Waals surface area contributed by atoms with Crippen LogP contribution in [0, 0.1) is 23.7 Å². The normalized spacial score (nSPS) is 49.8. The van der Waals surface area contributed by atoms with Crippen LogP contribution in [0.3, 0.4) is 0 Å². The van der Waals surface area contributed by atoms with Crippen molar-refractivity contribution in [1.29, 1.82) is 0 Å². The average molecular weight is 349 g/mol. The van der Waals surface area contributed by atoms with Crippen molar-refractivity contribution in [3.8, 4) is 0 Å². The Balaban J connectivity index is 1.69. The average Bonchev–Trinajstić information content (AvgIpc) is 3.06. The number of nitrogens with zero attached hydrogens (tertiary/aromatic N) is 1. The van der Waals surface area contributed by atoms with E-state index in [9.17, 15) is 15.0 Å². The zero-order valence-corrected chi connectivity index (χ0v) is 15.1. The molecule has 0 aromatic rings. The van der Waals surface area contributed by atoms with Crippen LogP contribution in [0.1, 0.15) is 51.9 Å². The summed E-state index contributed by atoms with van der Waals surface area (Å²) < 4.78 is 0. The van der Waals surface area contributed by atoms with E-state index in [2.05, 4.69) is 11.8 Å². The minimum atomic E-state index is -0.727. The molecule has 3 N–H and O–H groups in total. The Kier molecular flexibility index (Phi) is 4.45. The molecule has 8 atom stereocenters. The Hall–Kier alpha value is -0.910. The third kappa shape index (κ3) is 2.42. The highest BCUT2D eigenvalue weighted by Gasteiger charge is 2.64. The lowest BCUT2D eigenvalue weighted by Crippen LogP contribution is -2.67. The van der Waals surface area contributed by atoms with Crippen LogP contribution in [0.15, 0.2) is 12.2 Å². The lowest BCUT2D eigenvalue weighted by atomic mass is 9.60. The van der Waals surface area contributed by atoms with E-state index in [0.29, 0.717) is 24.3 Å². The van der Waals surface area contributed by atoms with Crippen LogP contribution in [-0.4, -0.2) is 56.5 Å². The van der Waals surface area contributed by atoms with Crippen LogP contribution in [0.25, 0.3) is 0 Å². The molecular weight excluding hydrogens is 318 g/mol. The van der Waals surface area contributed by atoms with Gasteiger partial charge in [0.15, 0.2) is 0 Å². The van der Waals surface area contributed by atoms with Gasteiger partial charge in [-0.25, -0.2) is 0 Å². The van der Waals surface area contributed by atoms with Crippen molar-refractivity contribution in [3.63, 3.8) is 0 Å². The van der Waals surface area contributed by atoms with Crippen molar-refractivity contribution in [1.82, 2.24) is 4.90 Å². The van der Waals surface area contributed by atoms with Gasteiger partial charge in [-0.1, -0.05) is 25.5 Å². The zero-order chi connectivity index (χ0) is 17.8. The van der Waals surface area contributed by atoms with Crippen molar-refractivity contribution < 1.29 is 20.1 Å². The first-order valence-corrected chi connectivity index (χ1v) is 9.98. The molecule has 2 aliphatic carbocycles. The number of aliphatic hydroxyl groups excluding tert-OH is 2. The van der Waals surface area contributed by atoms with Crippen LogP contribution < -0.4 is 0 Å². The number of fused-ring (bicyclic) bond motifs is 3. The second kappa shape index (κ2) is 6.36. The van der Waals surface area contributed by atoms with Crippen LogP contribution in [0.2, 0.25) is 0 Å². The molecule has 2 aliphatic heterocycles. The van der Waals surface area contributed by atoms with Crippen molar-refractivity contribution in [3.05, 3.63) is 12.2 Å². The van der Waals surface area contributed by atoms with Gasteiger partial charge in [0.2, 0.25) is 0 Å². The number of rotatable bonds is 4. The number of hydrogen-bond donors (Lipinski definition) is 3. The summed E-state index contributed by atoms with van der Waals surface area (Å²) in [6.45, 7) is 2.19. The molecule has 2 heterocycles. The molecule has 0 spiro atoms. The van der Waals surface area contributed by atoms with Gasteiger partial charge in [0.05, 0.1) is 12.7 Å². The van der Waals surface area contributed by atoms with Crippen LogP contribution in [-0.2, 0) is 4.79 Å². The fraction of sp³-hybridized carbons (Fsp3) is 0.850. The van der Waals surface area contributed by atoms with E-state index in [1.54, 1.807) is 6.08 Å². The molecule has 4 aliphatic rings. The third-order valence-corrected chi connectivity index (χ3v) is 7.83. The summed E-state index contributed by atoms with van der Waals surface area (Å²) in [5.41, 5.74) is -0.727. The minimum absolute atomic E-state index is 0.00754. The van der Waals surface area contributed by atoms with Crippen LogP contribution >= 0.6 is 0 Å². The number of piperidine rings is 1. The van der Waals surface area contributed by atoms with Gasteiger partial charge < -0.3 is 15.3 Å². The summed E-state index contributed by atoms with van der Waals surface area (Å²) >= 11 is 0. The number of hydrogen-bond acceptors (Lipinski definition) is 4. The predicted molar refractivity (Wildman–Crippen MR) is 94.0 cm³/mol. The topological polar surface area (TPSA) is 81.0 Å². The highest BCUT2D eigenvalue weighted by Crippen LogP contribution is 2.57. The molecule has 4 unspecified atom stereocenters. The molecule has 4 rings (SSSR count). The van der Waals surface area contributed by atoms with Gasteiger partial charge in [0.1, 0.15) is 5.54 Å². The van der Waals surface area contributed by atoms with Gasteiger partial charge in [-0.05, 0) is 56.3 Å². The van der Waals surface area contributed by atoms with Crippen molar-refractivity contribution in [2.45, 2.75) is 75.6 Å². The first-order chi connectivity index (χ1) is 12.0. The quantitative estimate of drug-likeness (QED) is 0.677. The van der Waals surface area contributed by atoms with E-state index < -0.39 is 17.6 Å². The molecular formula is C20H31NO4. The summed E-state index contributed by atoms with van der Waals surface area (Å²) in [5.74, 6) is 0.447. The maximum Gasteiger partial charge on any atom is 0.324 e. The maximum atomic E-state index is 12.6. The molecule has 140 valence electrons. The van der Waals surface area contributed by atoms with Gasteiger partial charge >= 0.3 is 5.97 Å². The monoisotopic (exact) mass is 349 g/mol. The second-order valence-corrected chi connectivity index (χ2v) is 8.80. The zero-order valence-electron chi connectivity index (χ0n) is 15.1. The van der Waals surface area contributed by atoms with Gasteiger partial charge in [-0.3, -0.25) is 9.69 Å². The SMILES string of the molecule is CC1CCC1C1(C(=O)O)CCCC2C[C@@H]3[C@@H](C=CCO)[C@H](O)C[C@H]3N21. The first kappa shape index (κ1) is 17.5. The van der Waals surface area contributed by atoms with E-state index in [4.69, 9.17) is 5.11 Å². The predicted octanol–water partition coefficient (Wildman–Crippen LogP) is 2.03. The Morgan fingerprint density at radius 3 is 2.68 bits per heavy atom. The van der Waals surface area contributed by atoms with Crippen molar-refractivity contribution >= 4 is 5.97 Å². The summed E-state index contributed by atoms with van der Waals surface area (Å²) in [6, 6.07) is 0.503. The molecule has 2 saturated carbocycles. The van der Waals surface area contributed by atoms with Gasteiger partial charge in [0, 0.05) is 18.0 Å². The number of carboxylic acid groups (broad SMARTS) is 1. The molecule has 0 bridgehead atoms. The number of aliphatic hydroxyl groups is 2. The number of carboxylic acids is 1. The van der Waals surface area contributed by atoms with Crippen molar-refractivity contribution in [2.24, 2.45) is 23.7 Å². The van der Waals surface area contributed by atoms with E-state index in [1.807, 2.05) is 6.08 Å². The Labute approximate surface area is 149 Å². The molecule has 4 fully saturated rings. The minimum Gasteiger partial charge on any atom is -0.480 e. The first-order valence-electron chi connectivity index (χ1n) is 9.98. The van der Waals surface area contributed by atoms with Crippen LogP contribution in [0.4, 0.5) is 0 Å². The second-order valence-electron chi connectivity index (χ2n) is 8.80. The number of aliphatic carboxylic acids is 1. The fourth-order valence-electron chi connectivity index (χ4n) is 6.69. The summed E-state index contributed by atoms with van der Waals surface area (Å²) in [4.78, 5) is 14.9. The smallest absolute Gasteiger partial charge is 0.324 e. The maximum absolute atomic E-state index is 12.6. The lowest BCUT2D eigenvalue weighted by molar-refractivity contribution is -0.173. The van der Waals surface area contributed by atoms with Gasteiger partial charge in [-0.2, -0.15) is 0 Å². The van der Waals surface area contributed by atoms with E-state index >= 15 is 0 Å². The molecule has 5 heteroatoms. The lowest BCUT2D eigenvalue weighted by Gasteiger charge is -2.56. The van der Waals surface area contributed by atoms with Crippen molar-refractivity contribution in [2.75, 3.05) is 6.61 Å². The fourth-order valence-corrected chi connectivity index (χ4v) is 6.69. The molecule has 0 aromatic heterocycles. The standard InChI is InChI=1S/C20H31NO4/c1-12-6-7-16(12)20(19(24)25)8-2-4-13-10-15-14(5-3-9-22)18(23)11-17(15)21(13)20/h3,5,12-18,22-23H,2,4,6-11H2,1H3,(H,24,25)/t12?,13?,14-,15-,16?,17-,18-,20?/m1/s1.